The van der Waals surface area contributed by atoms with Crippen LogP contribution in [0.25, 0.3) is 0 Å². The van der Waals surface area contributed by atoms with Crippen LogP contribution in [0.3, 0.4) is 0 Å². The molecule has 100 valence electrons. The first-order valence-electron chi connectivity index (χ1n) is 6.36. The van der Waals surface area contributed by atoms with Crippen LogP contribution in [-0.2, 0) is 11.2 Å². The summed E-state index contributed by atoms with van der Waals surface area (Å²) in [7, 11) is 0. The van der Waals surface area contributed by atoms with Crippen molar-refractivity contribution < 1.29 is 4.79 Å². The van der Waals surface area contributed by atoms with Crippen LogP contribution in [0, 0.1) is 0 Å². The number of aromatic nitrogens is 2. The molecular weight excluding hydrogens is 240 g/mol. The van der Waals surface area contributed by atoms with E-state index in [9.17, 15) is 4.79 Å². The quantitative estimate of drug-likeness (QED) is 0.767. The highest BCUT2D eigenvalue weighted by atomic mass is 16.2. The molecule has 5 nitrogen and oxygen atoms in total. The fourth-order valence-corrected chi connectivity index (χ4v) is 1.84. The van der Waals surface area contributed by atoms with Gasteiger partial charge in [0.25, 0.3) is 0 Å². The van der Waals surface area contributed by atoms with Crippen molar-refractivity contribution in [1.29, 1.82) is 0 Å². The van der Waals surface area contributed by atoms with E-state index in [1.54, 1.807) is 0 Å². The predicted molar refractivity (Wildman–Crippen MR) is 74.6 cm³/mol. The summed E-state index contributed by atoms with van der Waals surface area (Å²) in [6.45, 7) is 2.09. The number of hydrogen-bond acceptors (Lipinski definition) is 3. The van der Waals surface area contributed by atoms with Gasteiger partial charge in [0.15, 0.2) is 5.82 Å². The molecule has 1 amide bonds. The number of anilines is 1. The van der Waals surface area contributed by atoms with Gasteiger partial charge in [-0.15, -0.1) is 0 Å². The molecule has 0 spiro atoms. The number of carbonyl (C=O) groups excluding carboxylic acids is 1. The number of H-pyrrole nitrogens is 1. The van der Waals surface area contributed by atoms with Gasteiger partial charge in [-0.2, -0.15) is 5.10 Å². The number of nitrogens with two attached hydrogens (primary N) is 1. The standard InChI is InChI=1S/C14H18N4O/c1-2-6-11-9-12(18-17-11)16-14(19)13(15)10-7-4-3-5-8-10/h3-5,7-9,13H,2,6,15H2,1H3,(H2,16,17,18,19)/t13-/m0/s1. The van der Waals surface area contributed by atoms with Crippen LogP contribution in [-0.4, -0.2) is 16.1 Å². The molecule has 0 fully saturated rings. The third-order valence-corrected chi connectivity index (χ3v) is 2.84. The van der Waals surface area contributed by atoms with Gasteiger partial charge in [-0.3, -0.25) is 9.89 Å². The Morgan fingerprint density at radius 2 is 2.16 bits per heavy atom. The first-order chi connectivity index (χ1) is 9.20. The molecule has 1 atom stereocenters. The van der Waals surface area contributed by atoms with Crippen molar-refractivity contribution in [1.82, 2.24) is 10.2 Å². The molecule has 4 N–H and O–H groups in total. The zero-order valence-corrected chi connectivity index (χ0v) is 10.9. The van der Waals surface area contributed by atoms with Crippen molar-refractivity contribution in [3.8, 4) is 0 Å². The lowest BCUT2D eigenvalue weighted by atomic mass is 10.1. The predicted octanol–water partition coefficient (Wildman–Crippen LogP) is 2.00. The Morgan fingerprint density at radius 3 is 2.84 bits per heavy atom. The number of benzene rings is 1. The summed E-state index contributed by atoms with van der Waals surface area (Å²) in [5.74, 6) is 0.251. The zero-order chi connectivity index (χ0) is 13.7. The Bertz CT molecular complexity index is 535. The smallest absolute Gasteiger partial charge is 0.247 e. The number of carbonyl (C=O) groups is 1. The van der Waals surface area contributed by atoms with Crippen molar-refractivity contribution in [3.63, 3.8) is 0 Å². The van der Waals surface area contributed by atoms with Gasteiger partial charge in [-0.1, -0.05) is 43.7 Å². The van der Waals surface area contributed by atoms with Gasteiger partial charge < -0.3 is 11.1 Å². The first kappa shape index (κ1) is 13.3. The lowest BCUT2D eigenvalue weighted by molar-refractivity contribution is -0.117. The molecule has 19 heavy (non-hydrogen) atoms. The number of aryl methyl sites for hydroxylation is 1. The minimum atomic E-state index is -0.687. The number of nitrogens with zero attached hydrogens (tertiary/aromatic N) is 1. The third-order valence-electron chi connectivity index (χ3n) is 2.84. The summed E-state index contributed by atoms with van der Waals surface area (Å²) in [5.41, 5.74) is 7.69. The molecule has 2 rings (SSSR count). The maximum atomic E-state index is 12.0. The zero-order valence-electron chi connectivity index (χ0n) is 10.9. The Balaban J connectivity index is 2.00. The summed E-state index contributed by atoms with van der Waals surface area (Å²) in [4.78, 5) is 12.0. The highest BCUT2D eigenvalue weighted by molar-refractivity contribution is 5.94. The van der Waals surface area contributed by atoms with E-state index in [-0.39, 0.29) is 5.91 Å². The van der Waals surface area contributed by atoms with Gasteiger partial charge in [-0.05, 0) is 12.0 Å². The van der Waals surface area contributed by atoms with E-state index in [1.807, 2.05) is 36.4 Å². The largest absolute Gasteiger partial charge is 0.316 e. The van der Waals surface area contributed by atoms with Crippen molar-refractivity contribution in [2.45, 2.75) is 25.8 Å². The van der Waals surface area contributed by atoms with Crippen LogP contribution in [0.4, 0.5) is 5.82 Å². The van der Waals surface area contributed by atoms with E-state index in [4.69, 9.17) is 5.73 Å². The fourth-order valence-electron chi connectivity index (χ4n) is 1.84. The molecule has 1 aromatic carbocycles. The van der Waals surface area contributed by atoms with Crippen molar-refractivity contribution in [2.24, 2.45) is 5.73 Å². The van der Waals surface area contributed by atoms with Crippen LogP contribution in [0.15, 0.2) is 36.4 Å². The second-order valence-corrected chi connectivity index (χ2v) is 4.41. The molecule has 1 aromatic heterocycles. The molecule has 0 aliphatic carbocycles. The topological polar surface area (TPSA) is 83.8 Å². The molecule has 0 aliphatic heterocycles. The molecule has 0 radical (unpaired) electrons. The molecule has 0 unspecified atom stereocenters. The number of nitrogens with one attached hydrogen (secondary N) is 2. The lowest BCUT2D eigenvalue weighted by Crippen LogP contribution is -2.27. The third kappa shape index (κ3) is 3.42. The molecular formula is C14H18N4O. The summed E-state index contributed by atoms with van der Waals surface area (Å²) in [5, 5.41) is 9.64. The van der Waals surface area contributed by atoms with Gasteiger partial charge in [0.2, 0.25) is 5.91 Å². The second kappa shape index (κ2) is 6.15. The van der Waals surface area contributed by atoms with Crippen LogP contribution >= 0.6 is 0 Å². The monoisotopic (exact) mass is 258 g/mol. The summed E-state index contributed by atoms with van der Waals surface area (Å²) < 4.78 is 0. The average molecular weight is 258 g/mol. The lowest BCUT2D eigenvalue weighted by Gasteiger charge is -2.10. The van der Waals surface area contributed by atoms with Crippen LogP contribution in [0.2, 0.25) is 0 Å². The van der Waals surface area contributed by atoms with Gasteiger partial charge in [0.05, 0.1) is 0 Å². The minimum absolute atomic E-state index is 0.263. The molecule has 0 saturated heterocycles. The van der Waals surface area contributed by atoms with Crippen molar-refractivity contribution >= 4 is 11.7 Å². The second-order valence-electron chi connectivity index (χ2n) is 4.41. The maximum Gasteiger partial charge on any atom is 0.247 e. The summed E-state index contributed by atoms with van der Waals surface area (Å²) in [6.07, 6.45) is 1.94. The number of amides is 1. The average Bonchev–Trinajstić information content (AvgIpc) is 2.86. The van der Waals surface area contributed by atoms with E-state index in [0.717, 1.165) is 24.1 Å². The molecule has 1 heterocycles. The van der Waals surface area contributed by atoms with E-state index < -0.39 is 6.04 Å². The Hall–Kier alpha value is -2.14. The minimum Gasteiger partial charge on any atom is -0.316 e. The molecule has 0 saturated carbocycles. The molecule has 2 aromatic rings. The fraction of sp³-hybridized carbons (Fsp3) is 0.286. The Morgan fingerprint density at radius 1 is 1.42 bits per heavy atom. The van der Waals surface area contributed by atoms with E-state index in [2.05, 4.69) is 22.4 Å². The SMILES string of the molecule is CCCc1cc(NC(=O)[C@@H](N)c2ccccc2)n[nH]1. The summed E-state index contributed by atoms with van der Waals surface area (Å²) >= 11 is 0. The van der Waals surface area contributed by atoms with Gasteiger partial charge in [0.1, 0.15) is 6.04 Å². The highest BCUT2D eigenvalue weighted by Gasteiger charge is 2.16. The number of rotatable bonds is 5. The molecule has 5 heteroatoms. The van der Waals surface area contributed by atoms with E-state index in [0.29, 0.717) is 5.82 Å². The Kier molecular flexibility index (Phi) is 4.30. The highest BCUT2D eigenvalue weighted by Crippen LogP contribution is 2.13. The summed E-state index contributed by atoms with van der Waals surface area (Å²) in [6, 6.07) is 10.4. The van der Waals surface area contributed by atoms with Crippen LogP contribution in [0.5, 0.6) is 0 Å². The Labute approximate surface area is 112 Å². The molecule has 0 aliphatic rings. The van der Waals surface area contributed by atoms with E-state index >= 15 is 0 Å². The van der Waals surface area contributed by atoms with Gasteiger partial charge >= 0.3 is 0 Å². The van der Waals surface area contributed by atoms with Crippen molar-refractivity contribution in [2.75, 3.05) is 5.32 Å². The normalized spacial score (nSPS) is 12.1. The van der Waals surface area contributed by atoms with Crippen LogP contribution < -0.4 is 11.1 Å². The number of hydrogen-bond donors (Lipinski definition) is 3. The van der Waals surface area contributed by atoms with Gasteiger partial charge in [0, 0.05) is 11.8 Å². The number of aromatic amines is 1. The maximum absolute atomic E-state index is 12.0. The first-order valence-corrected chi connectivity index (χ1v) is 6.36. The molecule has 0 bridgehead atoms. The van der Waals surface area contributed by atoms with Crippen molar-refractivity contribution in [3.05, 3.63) is 47.7 Å². The van der Waals surface area contributed by atoms with Crippen LogP contribution in [0.1, 0.15) is 30.6 Å². The van der Waals surface area contributed by atoms with E-state index in [1.165, 1.54) is 0 Å². The van der Waals surface area contributed by atoms with Gasteiger partial charge in [-0.25, -0.2) is 0 Å².